The fraction of sp³-hybridized carbons (Fsp3) is 0.273. The second-order valence-electron chi connectivity index (χ2n) is 6.52. The molecule has 158 valence electrons. The van der Waals surface area contributed by atoms with Gasteiger partial charge in [0.15, 0.2) is 0 Å². The summed E-state index contributed by atoms with van der Waals surface area (Å²) in [4.78, 5) is 24.9. The van der Waals surface area contributed by atoms with E-state index in [0.29, 0.717) is 22.4 Å². The summed E-state index contributed by atoms with van der Waals surface area (Å²) in [5, 5.41) is 3.40. The van der Waals surface area contributed by atoms with Crippen LogP contribution < -0.4 is 10.1 Å². The molecule has 0 saturated carbocycles. The lowest BCUT2D eigenvalue weighted by Crippen LogP contribution is -2.26. The highest BCUT2D eigenvalue weighted by molar-refractivity contribution is 9.10. The molecule has 0 unspecified atom stereocenters. The van der Waals surface area contributed by atoms with E-state index in [1.807, 2.05) is 48.0 Å². The number of fused-ring (bicyclic) bond motifs is 1. The van der Waals surface area contributed by atoms with Crippen molar-refractivity contribution in [2.24, 2.45) is 7.05 Å². The molecule has 0 saturated heterocycles. The number of carbonyl (C=O) groups is 2. The molecule has 1 aromatic heterocycles. The van der Waals surface area contributed by atoms with Crippen LogP contribution in [-0.4, -0.2) is 30.3 Å². The topological polar surface area (TPSA) is 78.8 Å². The first kappa shape index (κ1) is 21.7. The number of benzene rings is 2. The van der Waals surface area contributed by atoms with Gasteiger partial charge in [-0.1, -0.05) is 30.3 Å². The number of alkyl carbamates (subject to hydrolysis) is 1. The fourth-order valence-corrected chi connectivity index (χ4v) is 3.71. The van der Waals surface area contributed by atoms with E-state index in [-0.39, 0.29) is 19.8 Å². The highest BCUT2D eigenvalue weighted by atomic mass is 79.9. The van der Waals surface area contributed by atoms with E-state index in [0.717, 1.165) is 15.6 Å². The SMILES string of the molecule is CCOC(=O)c1c(CNC(=O)OCc2ccccc2)n(C)c2cc(Br)c(OC)cc12. The molecule has 3 aromatic rings. The van der Waals surface area contributed by atoms with Crippen molar-refractivity contribution < 1.29 is 23.8 Å². The van der Waals surface area contributed by atoms with E-state index < -0.39 is 12.1 Å². The Bertz CT molecular complexity index is 1060. The molecule has 1 amide bonds. The first-order chi connectivity index (χ1) is 14.5. The molecular weight excluding hydrogens is 452 g/mol. The quantitative estimate of drug-likeness (QED) is 0.508. The van der Waals surface area contributed by atoms with E-state index in [1.165, 1.54) is 0 Å². The van der Waals surface area contributed by atoms with Crippen molar-refractivity contribution in [1.82, 2.24) is 9.88 Å². The summed E-state index contributed by atoms with van der Waals surface area (Å²) >= 11 is 3.47. The highest BCUT2D eigenvalue weighted by Crippen LogP contribution is 2.35. The van der Waals surface area contributed by atoms with Gasteiger partial charge in [-0.15, -0.1) is 0 Å². The van der Waals surface area contributed by atoms with Gasteiger partial charge in [-0.3, -0.25) is 0 Å². The lowest BCUT2D eigenvalue weighted by molar-refractivity contribution is 0.0526. The van der Waals surface area contributed by atoms with E-state index >= 15 is 0 Å². The Kier molecular flexibility index (Phi) is 6.99. The van der Waals surface area contributed by atoms with Gasteiger partial charge in [-0.05, 0) is 40.5 Å². The number of methoxy groups -OCH3 is 1. The Labute approximate surface area is 183 Å². The first-order valence-electron chi connectivity index (χ1n) is 9.42. The minimum Gasteiger partial charge on any atom is -0.496 e. The van der Waals surface area contributed by atoms with Gasteiger partial charge in [0.1, 0.15) is 12.4 Å². The van der Waals surface area contributed by atoms with Crippen LogP contribution in [0.2, 0.25) is 0 Å². The molecule has 0 atom stereocenters. The van der Waals surface area contributed by atoms with Crippen LogP contribution in [0, 0.1) is 0 Å². The fourth-order valence-electron chi connectivity index (χ4n) is 3.21. The van der Waals surface area contributed by atoms with Crippen LogP contribution in [0.3, 0.4) is 0 Å². The third-order valence-corrected chi connectivity index (χ3v) is 5.31. The molecule has 0 spiro atoms. The minimum atomic E-state index is -0.572. The number of aryl methyl sites for hydroxylation is 1. The largest absolute Gasteiger partial charge is 0.496 e. The molecule has 30 heavy (non-hydrogen) atoms. The molecule has 0 aliphatic carbocycles. The van der Waals surface area contributed by atoms with Crippen LogP contribution in [0.4, 0.5) is 4.79 Å². The van der Waals surface area contributed by atoms with E-state index in [9.17, 15) is 9.59 Å². The number of nitrogens with zero attached hydrogens (tertiary/aromatic N) is 1. The monoisotopic (exact) mass is 474 g/mol. The van der Waals surface area contributed by atoms with Gasteiger partial charge in [0.05, 0.1) is 41.5 Å². The van der Waals surface area contributed by atoms with Crippen molar-refractivity contribution in [2.75, 3.05) is 13.7 Å². The second kappa shape index (κ2) is 9.67. The minimum absolute atomic E-state index is 0.104. The van der Waals surface area contributed by atoms with Gasteiger partial charge >= 0.3 is 12.1 Å². The molecule has 0 aliphatic heterocycles. The molecule has 1 heterocycles. The number of ether oxygens (including phenoxy) is 3. The van der Waals surface area contributed by atoms with E-state index in [4.69, 9.17) is 14.2 Å². The van der Waals surface area contributed by atoms with E-state index in [2.05, 4.69) is 21.2 Å². The summed E-state index contributed by atoms with van der Waals surface area (Å²) in [7, 11) is 3.39. The van der Waals surface area contributed by atoms with Crippen LogP contribution in [0.5, 0.6) is 5.75 Å². The first-order valence-corrected chi connectivity index (χ1v) is 10.2. The number of hydrogen-bond donors (Lipinski definition) is 1. The van der Waals surface area contributed by atoms with Crippen molar-refractivity contribution >= 4 is 38.9 Å². The van der Waals surface area contributed by atoms with Gasteiger partial charge in [0.2, 0.25) is 0 Å². The van der Waals surface area contributed by atoms with Crippen LogP contribution in [0.1, 0.15) is 28.5 Å². The van der Waals surface area contributed by atoms with Crippen molar-refractivity contribution in [2.45, 2.75) is 20.1 Å². The maximum absolute atomic E-state index is 12.7. The number of esters is 1. The number of aromatic nitrogens is 1. The smallest absolute Gasteiger partial charge is 0.407 e. The molecular formula is C22H23BrN2O5. The summed E-state index contributed by atoms with van der Waals surface area (Å²) in [6, 6.07) is 13.1. The molecule has 0 radical (unpaired) electrons. The number of halogens is 1. The Balaban J connectivity index is 1.86. The maximum atomic E-state index is 12.7. The zero-order valence-corrected chi connectivity index (χ0v) is 18.6. The third-order valence-electron chi connectivity index (χ3n) is 4.69. The highest BCUT2D eigenvalue weighted by Gasteiger charge is 2.24. The summed E-state index contributed by atoms with van der Waals surface area (Å²) < 4.78 is 18.5. The maximum Gasteiger partial charge on any atom is 0.407 e. The molecule has 0 bridgehead atoms. The van der Waals surface area contributed by atoms with Crippen molar-refractivity contribution in [1.29, 1.82) is 0 Å². The molecule has 0 fully saturated rings. The molecule has 1 N–H and O–H groups in total. The summed E-state index contributed by atoms with van der Waals surface area (Å²) in [6.07, 6.45) is -0.572. The van der Waals surface area contributed by atoms with E-state index in [1.54, 1.807) is 20.1 Å². The van der Waals surface area contributed by atoms with Gasteiger partial charge in [0.25, 0.3) is 0 Å². The molecule has 3 rings (SSSR count). The van der Waals surface area contributed by atoms with Gasteiger partial charge in [-0.2, -0.15) is 0 Å². The lowest BCUT2D eigenvalue weighted by atomic mass is 10.1. The third kappa shape index (κ3) is 4.59. The van der Waals surface area contributed by atoms with Crippen LogP contribution in [0.15, 0.2) is 46.9 Å². The number of hydrogen-bond acceptors (Lipinski definition) is 5. The molecule has 7 nitrogen and oxygen atoms in total. The average Bonchev–Trinajstić information content (AvgIpc) is 3.02. The van der Waals surface area contributed by atoms with Crippen LogP contribution >= 0.6 is 15.9 Å². The number of carbonyl (C=O) groups excluding carboxylic acids is 2. The summed E-state index contributed by atoms with van der Waals surface area (Å²) in [6.45, 7) is 2.26. The van der Waals surface area contributed by atoms with Gasteiger partial charge < -0.3 is 24.1 Å². The number of rotatable bonds is 7. The second-order valence-corrected chi connectivity index (χ2v) is 7.37. The van der Waals surface area contributed by atoms with Crippen molar-refractivity contribution in [3.8, 4) is 5.75 Å². The Morgan fingerprint density at radius 1 is 1.13 bits per heavy atom. The van der Waals surface area contributed by atoms with Crippen LogP contribution in [-0.2, 0) is 29.7 Å². The molecule has 0 aliphatic rings. The lowest BCUT2D eigenvalue weighted by Gasteiger charge is -2.10. The van der Waals surface area contributed by atoms with Gasteiger partial charge in [-0.25, -0.2) is 9.59 Å². The molecule has 2 aromatic carbocycles. The Morgan fingerprint density at radius 2 is 1.87 bits per heavy atom. The standard InChI is InChI=1S/C22H23BrN2O5/c1-4-29-21(26)20-15-10-19(28-3)16(23)11-17(15)25(2)18(20)12-24-22(27)30-13-14-8-6-5-7-9-14/h5-11H,4,12-13H2,1-3H3,(H,24,27). The number of amides is 1. The summed E-state index contributed by atoms with van der Waals surface area (Å²) in [5.41, 5.74) is 2.70. The van der Waals surface area contributed by atoms with Gasteiger partial charge in [0, 0.05) is 12.4 Å². The Hall–Kier alpha value is -3.00. The normalized spacial score (nSPS) is 10.7. The van der Waals surface area contributed by atoms with Crippen molar-refractivity contribution in [3.63, 3.8) is 0 Å². The zero-order valence-electron chi connectivity index (χ0n) is 17.0. The summed E-state index contributed by atoms with van der Waals surface area (Å²) in [5.74, 6) is 0.141. The van der Waals surface area contributed by atoms with Crippen LogP contribution in [0.25, 0.3) is 10.9 Å². The molecule has 8 heteroatoms. The predicted molar refractivity (Wildman–Crippen MR) is 117 cm³/mol. The zero-order chi connectivity index (χ0) is 21.7. The predicted octanol–water partition coefficient (Wildman–Crippen LogP) is 4.55. The average molecular weight is 475 g/mol. The Morgan fingerprint density at radius 3 is 2.53 bits per heavy atom. The van der Waals surface area contributed by atoms with Crippen molar-refractivity contribution in [3.05, 3.63) is 63.8 Å². The number of nitrogens with one attached hydrogen (secondary N) is 1.